The summed E-state index contributed by atoms with van der Waals surface area (Å²) in [6, 6.07) is 14.3. The highest BCUT2D eigenvalue weighted by Crippen LogP contribution is 2.18. The summed E-state index contributed by atoms with van der Waals surface area (Å²) >= 11 is 9.53. The molecule has 0 aliphatic heterocycles. The first-order chi connectivity index (χ1) is 16.4. The summed E-state index contributed by atoms with van der Waals surface area (Å²) < 4.78 is 0. The van der Waals surface area contributed by atoms with Crippen molar-refractivity contribution in [1.82, 2.24) is 0 Å². The molecule has 0 saturated carbocycles. The first-order valence-corrected chi connectivity index (χ1v) is 12.8. The fourth-order valence-corrected chi connectivity index (χ4v) is 3.07. The lowest BCUT2D eigenvalue weighted by Crippen LogP contribution is -2.14. The Hall–Kier alpha value is -2.37. The molecule has 0 atom stereocenters. The predicted molar refractivity (Wildman–Crippen MR) is 152 cm³/mol. The molecule has 0 aromatic heterocycles. The van der Waals surface area contributed by atoms with Crippen LogP contribution in [0.1, 0.15) is 100 Å². The van der Waals surface area contributed by atoms with Crippen LogP contribution in [0.4, 0.5) is 11.4 Å². The van der Waals surface area contributed by atoms with Crippen LogP contribution < -0.4 is 11.1 Å². The number of hydrogen-bond donors (Lipinski definition) is 2. The topological polar surface area (TPSA) is 89.3 Å². The number of anilines is 2. The van der Waals surface area contributed by atoms with E-state index in [2.05, 4.69) is 12.2 Å². The average Bonchev–Trinajstić information content (AvgIpc) is 2.84. The van der Waals surface area contributed by atoms with E-state index in [-0.39, 0.29) is 30.2 Å². The Bertz CT molecular complexity index is 873. The highest BCUT2D eigenvalue weighted by Gasteiger charge is 2.11. The fraction of sp³-hybridized carbons (Fsp3) is 0.464. The highest BCUT2D eigenvalue weighted by molar-refractivity contribution is 6.40. The number of nitrogens with two attached hydrogens (primary N) is 1. The standard InChI is InChI=1S/C17H25NO2.C9H11NO.CH2Cl2.CH4/c1-3-5-6-7-8-13-17(20)18-15-12-10-9-11-14(15)16(19)4-2;1-2-9(11)7-5-3-4-6-8(7)10;2-1-3;/h9-12H,3-8,13H2,1-2H3,(H,18,20);3-6H,2,10H2,1H3;1H2;1H4. The third kappa shape index (κ3) is 15.3. The summed E-state index contributed by atoms with van der Waals surface area (Å²) in [7, 11) is 0. The van der Waals surface area contributed by atoms with Crippen LogP contribution in [0.3, 0.4) is 0 Å². The second-order valence-electron chi connectivity index (χ2n) is 7.50. The van der Waals surface area contributed by atoms with Crippen LogP contribution in [0.15, 0.2) is 48.5 Å². The maximum absolute atomic E-state index is 11.9. The summed E-state index contributed by atoms with van der Waals surface area (Å²) in [5.41, 5.74) is 8.02. The number of benzene rings is 2. The smallest absolute Gasteiger partial charge is 0.224 e. The first kappa shape index (κ1) is 34.8. The second-order valence-corrected chi connectivity index (χ2v) is 8.31. The van der Waals surface area contributed by atoms with E-state index < -0.39 is 0 Å². The lowest BCUT2D eigenvalue weighted by atomic mass is 10.1. The Labute approximate surface area is 221 Å². The predicted octanol–water partition coefficient (Wildman–Crippen LogP) is 8.50. The number of para-hydroxylation sites is 2. The van der Waals surface area contributed by atoms with E-state index in [1.54, 1.807) is 24.3 Å². The van der Waals surface area contributed by atoms with Gasteiger partial charge in [0.1, 0.15) is 0 Å². The van der Waals surface area contributed by atoms with Crippen molar-refractivity contribution in [2.45, 2.75) is 79.6 Å². The van der Waals surface area contributed by atoms with Crippen molar-refractivity contribution in [3.05, 3.63) is 59.7 Å². The van der Waals surface area contributed by atoms with E-state index >= 15 is 0 Å². The molecule has 196 valence electrons. The van der Waals surface area contributed by atoms with Crippen LogP contribution in [0.5, 0.6) is 0 Å². The molecule has 35 heavy (non-hydrogen) atoms. The Morgan fingerprint density at radius 1 is 0.771 bits per heavy atom. The molecular formula is C28H42Cl2N2O3. The van der Waals surface area contributed by atoms with Gasteiger partial charge in [-0.25, -0.2) is 0 Å². The van der Waals surface area contributed by atoms with Gasteiger partial charge < -0.3 is 11.1 Å². The number of amides is 1. The van der Waals surface area contributed by atoms with Crippen molar-refractivity contribution in [3.63, 3.8) is 0 Å². The number of carbonyl (C=O) groups excluding carboxylic acids is 3. The van der Waals surface area contributed by atoms with Gasteiger partial charge in [0.2, 0.25) is 5.91 Å². The third-order valence-electron chi connectivity index (χ3n) is 4.91. The van der Waals surface area contributed by atoms with Gasteiger partial charge in [0.15, 0.2) is 11.6 Å². The number of alkyl halides is 2. The van der Waals surface area contributed by atoms with Gasteiger partial charge >= 0.3 is 0 Å². The monoisotopic (exact) mass is 524 g/mol. The van der Waals surface area contributed by atoms with E-state index in [4.69, 9.17) is 28.9 Å². The van der Waals surface area contributed by atoms with E-state index in [1.165, 1.54) is 19.3 Å². The van der Waals surface area contributed by atoms with Crippen LogP contribution in [-0.4, -0.2) is 22.8 Å². The zero-order chi connectivity index (χ0) is 25.8. The van der Waals surface area contributed by atoms with E-state index in [1.807, 2.05) is 38.1 Å². The zero-order valence-corrected chi connectivity index (χ0v) is 22.1. The summed E-state index contributed by atoms with van der Waals surface area (Å²) in [6.45, 7) is 5.83. The van der Waals surface area contributed by atoms with Gasteiger partial charge in [-0.1, -0.05) is 78.1 Å². The molecule has 0 aliphatic rings. The molecule has 2 aromatic carbocycles. The lowest BCUT2D eigenvalue weighted by Gasteiger charge is -2.09. The maximum atomic E-state index is 11.9. The van der Waals surface area contributed by atoms with Crippen molar-refractivity contribution in [2.75, 3.05) is 16.4 Å². The molecule has 7 heteroatoms. The van der Waals surface area contributed by atoms with Gasteiger partial charge in [-0.3, -0.25) is 14.4 Å². The quantitative estimate of drug-likeness (QED) is 0.133. The Kier molecular flexibility index (Phi) is 22.0. The Morgan fingerprint density at radius 3 is 1.80 bits per heavy atom. The second kappa shape index (κ2) is 22.1. The number of hydrogen-bond acceptors (Lipinski definition) is 4. The number of unbranched alkanes of at least 4 members (excludes halogenated alkanes) is 4. The van der Waals surface area contributed by atoms with Gasteiger partial charge in [-0.05, 0) is 30.7 Å². The number of nitrogen functional groups attached to an aromatic ring is 1. The Balaban J connectivity index is 0. The molecule has 1 amide bonds. The fourth-order valence-electron chi connectivity index (χ4n) is 3.07. The number of carbonyl (C=O) groups is 3. The summed E-state index contributed by atoms with van der Waals surface area (Å²) in [4.78, 5) is 34.8. The minimum Gasteiger partial charge on any atom is -0.398 e. The van der Waals surface area contributed by atoms with Crippen LogP contribution >= 0.6 is 23.2 Å². The summed E-state index contributed by atoms with van der Waals surface area (Å²) in [5, 5.41) is 3.05. The molecule has 0 unspecified atom stereocenters. The summed E-state index contributed by atoms with van der Waals surface area (Å²) in [6.07, 6.45) is 7.12. The van der Waals surface area contributed by atoms with E-state index in [9.17, 15) is 14.4 Å². The van der Waals surface area contributed by atoms with Crippen molar-refractivity contribution in [3.8, 4) is 0 Å². The minimum absolute atomic E-state index is 0. The zero-order valence-electron chi connectivity index (χ0n) is 20.5. The molecule has 2 aromatic rings. The number of ketones is 2. The normalized spacial score (nSPS) is 9.40. The Morgan fingerprint density at radius 2 is 1.26 bits per heavy atom. The molecule has 0 heterocycles. The van der Waals surface area contributed by atoms with Gasteiger partial charge in [0, 0.05) is 36.1 Å². The highest BCUT2D eigenvalue weighted by atomic mass is 35.5. The number of nitrogens with one attached hydrogen (secondary N) is 1. The third-order valence-corrected chi connectivity index (χ3v) is 4.91. The SMILES string of the molecule is C.CCC(=O)c1ccccc1N.CCCCCCCC(=O)Nc1ccccc1C(=O)CC.ClCCl. The van der Waals surface area contributed by atoms with Crippen molar-refractivity contribution in [2.24, 2.45) is 0 Å². The van der Waals surface area contributed by atoms with Crippen molar-refractivity contribution >= 4 is 52.1 Å². The average molecular weight is 526 g/mol. The van der Waals surface area contributed by atoms with E-state index in [0.717, 1.165) is 12.8 Å². The molecule has 0 aliphatic carbocycles. The first-order valence-electron chi connectivity index (χ1n) is 11.8. The van der Waals surface area contributed by atoms with Crippen molar-refractivity contribution < 1.29 is 14.4 Å². The number of rotatable bonds is 11. The van der Waals surface area contributed by atoms with Crippen LogP contribution in [-0.2, 0) is 4.79 Å². The van der Waals surface area contributed by atoms with Gasteiger partial charge in [-0.2, -0.15) is 0 Å². The largest absolute Gasteiger partial charge is 0.398 e. The number of Topliss-reactive ketones (excluding diaryl/α,β-unsaturated/α-hetero) is 2. The van der Waals surface area contributed by atoms with Crippen LogP contribution in [0, 0.1) is 0 Å². The maximum Gasteiger partial charge on any atom is 0.224 e. The molecule has 0 spiro atoms. The molecular weight excluding hydrogens is 483 g/mol. The molecule has 0 bridgehead atoms. The van der Waals surface area contributed by atoms with Gasteiger partial charge in [0.05, 0.1) is 11.0 Å². The van der Waals surface area contributed by atoms with Gasteiger partial charge in [0.25, 0.3) is 0 Å². The lowest BCUT2D eigenvalue weighted by molar-refractivity contribution is -0.116. The molecule has 2 rings (SSSR count). The molecule has 5 nitrogen and oxygen atoms in total. The summed E-state index contributed by atoms with van der Waals surface area (Å²) in [5.74, 6) is 0.157. The minimum atomic E-state index is -0.00199. The molecule has 0 fully saturated rings. The van der Waals surface area contributed by atoms with Crippen LogP contribution in [0.2, 0.25) is 0 Å². The van der Waals surface area contributed by atoms with Crippen molar-refractivity contribution in [1.29, 1.82) is 0 Å². The number of halogens is 2. The van der Waals surface area contributed by atoms with Crippen LogP contribution in [0.25, 0.3) is 0 Å². The molecule has 0 radical (unpaired) electrons. The van der Waals surface area contributed by atoms with E-state index in [0.29, 0.717) is 41.8 Å². The van der Waals surface area contributed by atoms with Gasteiger partial charge in [-0.15, -0.1) is 23.2 Å². The molecule has 0 saturated heterocycles. The molecule has 3 N–H and O–H groups in total.